The summed E-state index contributed by atoms with van der Waals surface area (Å²) in [6.07, 6.45) is 0. The topological polar surface area (TPSA) is 84.4 Å². The van der Waals surface area contributed by atoms with Crippen LogP contribution in [0.25, 0.3) is 11.0 Å². The van der Waals surface area contributed by atoms with Gasteiger partial charge in [0.1, 0.15) is 16.6 Å². The molecule has 8 heteroatoms. The quantitative estimate of drug-likeness (QED) is 0.658. The Hall–Kier alpha value is -2.84. The SMILES string of the molecule is COc1ccc(C(=O)Nc2ccc3ccc(S(=O)CCN(C)C)nc3n2)cc1. The zero-order valence-electron chi connectivity index (χ0n) is 16.0. The Labute approximate surface area is 166 Å². The van der Waals surface area contributed by atoms with E-state index in [0.29, 0.717) is 40.1 Å². The van der Waals surface area contributed by atoms with Crippen LogP contribution < -0.4 is 10.1 Å². The Morgan fingerprint density at radius 2 is 1.79 bits per heavy atom. The fraction of sp³-hybridized carbons (Fsp3) is 0.250. The minimum atomic E-state index is -1.20. The van der Waals surface area contributed by atoms with Crippen LogP contribution in [0.15, 0.2) is 53.6 Å². The van der Waals surface area contributed by atoms with Crippen LogP contribution in [-0.4, -0.2) is 58.5 Å². The number of fused-ring (bicyclic) bond motifs is 1. The Morgan fingerprint density at radius 3 is 2.46 bits per heavy atom. The lowest BCUT2D eigenvalue weighted by Gasteiger charge is -2.09. The third-order valence-corrected chi connectivity index (χ3v) is 5.33. The zero-order chi connectivity index (χ0) is 20.1. The number of anilines is 1. The van der Waals surface area contributed by atoms with Crippen molar-refractivity contribution in [1.82, 2.24) is 14.9 Å². The highest BCUT2D eigenvalue weighted by Crippen LogP contribution is 2.17. The van der Waals surface area contributed by atoms with Gasteiger partial charge in [-0.05, 0) is 62.6 Å². The van der Waals surface area contributed by atoms with Gasteiger partial charge >= 0.3 is 0 Å². The minimum Gasteiger partial charge on any atom is -0.497 e. The molecule has 1 atom stereocenters. The van der Waals surface area contributed by atoms with E-state index < -0.39 is 10.8 Å². The maximum atomic E-state index is 12.4. The lowest BCUT2D eigenvalue weighted by molar-refractivity contribution is 0.102. The van der Waals surface area contributed by atoms with Crippen molar-refractivity contribution in [1.29, 1.82) is 0 Å². The van der Waals surface area contributed by atoms with E-state index in [-0.39, 0.29) is 5.91 Å². The van der Waals surface area contributed by atoms with E-state index in [1.54, 1.807) is 43.5 Å². The van der Waals surface area contributed by atoms with E-state index in [9.17, 15) is 9.00 Å². The van der Waals surface area contributed by atoms with Crippen molar-refractivity contribution in [3.63, 3.8) is 0 Å². The summed E-state index contributed by atoms with van der Waals surface area (Å²) in [7, 11) is 4.24. The predicted molar refractivity (Wildman–Crippen MR) is 110 cm³/mol. The van der Waals surface area contributed by atoms with E-state index in [2.05, 4.69) is 15.3 Å². The van der Waals surface area contributed by atoms with Crippen LogP contribution in [0, 0.1) is 0 Å². The van der Waals surface area contributed by atoms with Crippen molar-refractivity contribution in [2.24, 2.45) is 0 Å². The highest BCUT2D eigenvalue weighted by molar-refractivity contribution is 7.85. The van der Waals surface area contributed by atoms with E-state index in [1.165, 1.54) is 0 Å². The van der Waals surface area contributed by atoms with Crippen LogP contribution in [-0.2, 0) is 10.8 Å². The molecule has 1 aromatic carbocycles. The summed E-state index contributed by atoms with van der Waals surface area (Å²) in [5.74, 6) is 1.29. The molecule has 2 heterocycles. The number of aromatic nitrogens is 2. The number of pyridine rings is 2. The number of methoxy groups -OCH3 is 1. The van der Waals surface area contributed by atoms with Crippen molar-refractivity contribution in [2.45, 2.75) is 5.03 Å². The van der Waals surface area contributed by atoms with E-state index >= 15 is 0 Å². The molecule has 1 amide bonds. The smallest absolute Gasteiger partial charge is 0.256 e. The van der Waals surface area contributed by atoms with Crippen molar-refractivity contribution >= 4 is 33.6 Å². The average molecular weight is 398 g/mol. The Balaban J connectivity index is 1.78. The largest absolute Gasteiger partial charge is 0.497 e. The molecule has 0 bridgehead atoms. The highest BCUT2D eigenvalue weighted by atomic mass is 32.2. The summed E-state index contributed by atoms with van der Waals surface area (Å²) in [5.41, 5.74) is 0.942. The van der Waals surface area contributed by atoms with Gasteiger partial charge in [-0.3, -0.25) is 9.00 Å². The number of nitrogens with zero attached hydrogens (tertiary/aromatic N) is 3. The zero-order valence-corrected chi connectivity index (χ0v) is 16.8. The van der Waals surface area contributed by atoms with Crippen LogP contribution in [0.1, 0.15) is 10.4 Å². The monoisotopic (exact) mass is 398 g/mol. The summed E-state index contributed by atoms with van der Waals surface area (Å²) >= 11 is 0. The first-order valence-electron chi connectivity index (χ1n) is 8.72. The third kappa shape index (κ3) is 4.90. The molecule has 0 saturated carbocycles. The van der Waals surface area contributed by atoms with E-state index in [0.717, 1.165) is 5.39 Å². The molecule has 28 heavy (non-hydrogen) atoms. The van der Waals surface area contributed by atoms with Gasteiger partial charge in [-0.1, -0.05) is 0 Å². The Kier molecular flexibility index (Phi) is 6.33. The van der Waals surface area contributed by atoms with Gasteiger partial charge in [-0.15, -0.1) is 0 Å². The van der Waals surface area contributed by atoms with Gasteiger partial charge in [0.25, 0.3) is 5.91 Å². The summed E-state index contributed by atoms with van der Waals surface area (Å²) < 4.78 is 17.5. The summed E-state index contributed by atoms with van der Waals surface area (Å²) in [6, 6.07) is 13.9. The molecular weight excluding hydrogens is 376 g/mol. The maximum Gasteiger partial charge on any atom is 0.256 e. The second kappa shape index (κ2) is 8.90. The van der Waals surface area contributed by atoms with Crippen LogP contribution in [0.3, 0.4) is 0 Å². The molecule has 1 unspecified atom stereocenters. The lowest BCUT2D eigenvalue weighted by atomic mass is 10.2. The van der Waals surface area contributed by atoms with Crippen LogP contribution in [0.5, 0.6) is 5.75 Å². The van der Waals surface area contributed by atoms with Crippen molar-refractivity contribution in [2.75, 3.05) is 38.8 Å². The summed E-state index contributed by atoms with van der Waals surface area (Å²) in [4.78, 5) is 23.2. The Bertz CT molecular complexity index is 1010. The molecule has 3 rings (SSSR count). The molecule has 0 saturated heterocycles. The Morgan fingerprint density at radius 1 is 1.07 bits per heavy atom. The standard InChI is InChI=1S/C20H22N4O3S/c1-24(2)12-13-28(26)18-11-7-14-6-10-17(21-19(14)23-18)22-20(25)15-4-8-16(27-3)9-5-15/h4-11H,12-13H2,1-3H3,(H,21,22,23,25). The molecule has 0 radical (unpaired) electrons. The number of nitrogens with one attached hydrogen (secondary N) is 1. The maximum absolute atomic E-state index is 12.4. The number of rotatable bonds is 7. The van der Waals surface area contributed by atoms with Gasteiger partial charge in [0.2, 0.25) is 0 Å². The first kappa shape index (κ1) is 19.9. The predicted octanol–water partition coefficient (Wildman–Crippen LogP) is 2.56. The van der Waals surface area contributed by atoms with Gasteiger partial charge < -0.3 is 15.0 Å². The lowest BCUT2D eigenvalue weighted by Crippen LogP contribution is -2.19. The van der Waals surface area contributed by atoms with Gasteiger partial charge in [-0.2, -0.15) is 0 Å². The molecule has 146 valence electrons. The number of hydrogen-bond acceptors (Lipinski definition) is 6. The second-order valence-electron chi connectivity index (χ2n) is 6.43. The third-order valence-electron chi connectivity index (χ3n) is 4.08. The average Bonchev–Trinajstić information content (AvgIpc) is 2.71. The number of ether oxygens (including phenoxy) is 1. The van der Waals surface area contributed by atoms with E-state index in [4.69, 9.17) is 4.74 Å². The molecule has 0 spiro atoms. The number of hydrogen-bond donors (Lipinski definition) is 1. The number of carbonyl (C=O) groups excluding carboxylic acids is 1. The summed E-state index contributed by atoms with van der Waals surface area (Å²) in [6.45, 7) is 0.706. The molecule has 1 N–H and O–H groups in total. The van der Waals surface area contributed by atoms with E-state index in [1.807, 2.05) is 31.1 Å². The van der Waals surface area contributed by atoms with Crippen LogP contribution in [0.4, 0.5) is 5.82 Å². The van der Waals surface area contributed by atoms with Crippen molar-refractivity contribution < 1.29 is 13.7 Å². The minimum absolute atomic E-state index is 0.278. The van der Waals surface area contributed by atoms with Gasteiger partial charge in [0, 0.05) is 23.2 Å². The molecule has 7 nitrogen and oxygen atoms in total. The van der Waals surface area contributed by atoms with Gasteiger partial charge in [-0.25, -0.2) is 9.97 Å². The first-order chi connectivity index (χ1) is 13.5. The molecule has 0 aliphatic heterocycles. The fourth-order valence-electron chi connectivity index (χ4n) is 2.48. The van der Waals surface area contributed by atoms with Crippen LogP contribution >= 0.6 is 0 Å². The number of carbonyl (C=O) groups is 1. The normalized spacial score (nSPS) is 12.1. The van der Waals surface area contributed by atoms with Crippen molar-refractivity contribution in [3.05, 3.63) is 54.1 Å². The molecule has 0 fully saturated rings. The molecular formula is C20H22N4O3S. The molecule has 3 aromatic rings. The van der Waals surface area contributed by atoms with Gasteiger partial charge in [0.15, 0.2) is 5.65 Å². The molecule has 2 aromatic heterocycles. The van der Waals surface area contributed by atoms with Crippen LogP contribution in [0.2, 0.25) is 0 Å². The molecule has 0 aliphatic carbocycles. The highest BCUT2D eigenvalue weighted by Gasteiger charge is 2.11. The van der Waals surface area contributed by atoms with Gasteiger partial charge in [0.05, 0.1) is 17.9 Å². The first-order valence-corrected chi connectivity index (χ1v) is 10.0. The molecule has 0 aliphatic rings. The second-order valence-corrected chi connectivity index (χ2v) is 7.95. The fourth-order valence-corrected chi connectivity index (χ4v) is 3.63. The van der Waals surface area contributed by atoms with Crippen molar-refractivity contribution in [3.8, 4) is 5.75 Å². The number of benzene rings is 1. The number of amides is 1. The summed E-state index contributed by atoms with van der Waals surface area (Å²) in [5, 5.41) is 4.07.